The van der Waals surface area contributed by atoms with Gasteiger partial charge in [-0.05, 0) is 31.2 Å². The molecular weight excluding hydrogens is 202 g/mol. The Kier molecular flexibility index (Phi) is 3.88. The zero-order valence-electron chi connectivity index (χ0n) is 10.6. The minimum absolute atomic E-state index is 0.0336. The first kappa shape index (κ1) is 12.3. The van der Waals surface area contributed by atoms with Crippen molar-refractivity contribution in [3.05, 3.63) is 0 Å². The highest BCUT2D eigenvalue weighted by Crippen LogP contribution is 2.32. The third-order valence-electron chi connectivity index (χ3n) is 4.33. The quantitative estimate of drug-likeness (QED) is 0.787. The maximum absolute atomic E-state index is 9.55. The maximum atomic E-state index is 9.55. The molecule has 0 aromatic carbocycles. The Balaban J connectivity index is 1.86. The van der Waals surface area contributed by atoms with Crippen molar-refractivity contribution in [2.24, 2.45) is 17.3 Å². The predicted octanol–water partition coefficient (Wildman–Crippen LogP) is 1.36. The van der Waals surface area contributed by atoms with Crippen LogP contribution in [0.5, 0.6) is 0 Å². The van der Waals surface area contributed by atoms with E-state index >= 15 is 0 Å². The number of aliphatic hydroxyl groups is 1. The Morgan fingerprint density at radius 1 is 1.50 bits per heavy atom. The smallest absolute Gasteiger partial charge is 0.0557 e. The summed E-state index contributed by atoms with van der Waals surface area (Å²) in [6, 6.07) is 0. The zero-order valence-corrected chi connectivity index (χ0v) is 10.6. The summed E-state index contributed by atoms with van der Waals surface area (Å²) < 4.78 is 5.45. The van der Waals surface area contributed by atoms with E-state index < -0.39 is 0 Å². The monoisotopic (exact) mass is 227 g/mol. The first-order chi connectivity index (χ1) is 7.65. The zero-order chi connectivity index (χ0) is 11.6. The molecule has 94 valence electrons. The van der Waals surface area contributed by atoms with Crippen LogP contribution in [0.15, 0.2) is 0 Å². The fourth-order valence-corrected chi connectivity index (χ4v) is 2.97. The second-order valence-corrected chi connectivity index (χ2v) is 5.99. The number of aliphatic hydroxyl groups excluding tert-OH is 1. The Hall–Kier alpha value is -0.120. The molecule has 2 heterocycles. The lowest BCUT2D eigenvalue weighted by molar-refractivity contribution is 0.0622. The largest absolute Gasteiger partial charge is 0.396 e. The topological polar surface area (TPSA) is 32.7 Å². The first-order valence-corrected chi connectivity index (χ1v) is 6.56. The van der Waals surface area contributed by atoms with Gasteiger partial charge in [-0.1, -0.05) is 13.8 Å². The third kappa shape index (κ3) is 2.58. The van der Waals surface area contributed by atoms with Crippen LogP contribution in [0, 0.1) is 17.3 Å². The SMILES string of the molecule is CC(C)C1CCN(CC2(CO)CCOC2)C1. The molecule has 0 bridgehead atoms. The molecule has 2 rings (SSSR count). The van der Waals surface area contributed by atoms with Crippen LogP contribution in [0.1, 0.15) is 26.7 Å². The second-order valence-electron chi connectivity index (χ2n) is 5.99. The van der Waals surface area contributed by atoms with Gasteiger partial charge in [-0.25, -0.2) is 0 Å². The van der Waals surface area contributed by atoms with E-state index in [1.807, 2.05) is 0 Å². The first-order valence-electron chi connectivity index (χ1n) is 6.56. The van der Waals surface area contributed by atoms with Crippen LogP contribution in [-0.2, 0) is 4.74 Å². The van der Waals surface area contributed by atoms with Crippen LogP contribution in [0.4, 0.5) is 0 Å². The van der Waals surface area contributed by atoms with Crippen molar-refractivity contribution in [2.75, 3.05) is 39.5 Å². The second kappa shape index (κ2) is 5.03. The van der Waals surface area contributed by atoms with Gasteiger partial charge in [-0.15, -0.1) is 0 Å². The van der Waals surface area contributed by atoms with Crippen molar-refractivity contribution in [2.45, 2.75) is 26.7 Å². The molecular formula is C13H25NO2. The van der Waals surface area contributed by atoms with Crippen LogP contribution in [0.2, 0.25) is 0 Å². The molecule has 0 spiro atoms. The molecule has 3 heteroatoms. The lowest BCUT2D eigenvalue weighted by Crippen LogP contribution is -2.40. The van der Waals surface area contributed by atoms with Gasteiger partial charge in [0.1, 0.15) is 0 Å². The molecule has 2 fully saturated rings. The number of hydrogen-bond acceptors (Lipinski definition) is 3. The van der Waals surface area contributed by atoms with Gasteiger partial charge in [-0.2, -0.15) is 0 Å². The summed E-state index contributed by atoms with van der Waals surface area (Å²) in [5.41, 5.74) is 0.0336. The van der Waals surface area contributed by atoms with Crippen LogP contribution < -0.4 is 0 Å². The van der Waals surface area contributed by atoms with E-state index in [-0.39, 0.29) is 12.0 Å². The molecule has 2 saturated heterocycles. The molecule has 3 nitrogen and oxygen atoms in total. The summed E-state index contributed by atoms with van der Waals surface area (Å²) in [6.45, 7) is 9.89. The van der Waals surface area contributed by atoms with Gasteiger partial charge in [0, 0.05) is 25.1 Å². The summed E-state index contributed by atoms with van der Waals surface area (Å²) in [5.74, 6) is 1.63. The molecule has 16 heavy (non-hydrogen) atoms. The Labute approximate surface area is 98.8 Å². The normalized spacial score (nSPS) is 36.4. The molecule has 2 aliphatic heterocycles. The van der Waals surface area contributed by atoms with Crippen molar-refractivity contribution in [1.29, 1.82) is 0 Å². The molecule has 0 amide bonds. The van der Waals surface area contributed by atoms with Gasteiger partial charge < -0.3 is 14.7 Å². The number of rotatable bonds is 4. The van der Waals surface area contributed by atoms with Gasteiger partial charge in [0.05, 0.1) is 13.2 Å². The molecule has 1 N–H and O–H groups in total. The van der Waals surface area contributed by atoms with Crippen LogP contribution in [-0.4, -0.2) is 49.5 Å². The minimum Gasteiger partial charge on any atom is -0.396 e. The number of nitrogens with zero attached hydrogens (tertiary/aromatic N) is 1. The number of hydrogen-bond donors (Lipinski definition) is 1. The molecule has 0 radical (unpaired) electrons. The lowest BCUT2D eigenvalue weighted by atomic mass is 9.87. The fourth-order valence-electron chi connectivity index (χ4n) is 2.97. The summed E-state index contributed by atoms with van der Waals surface area (Å²) in [4.78, 5) is 2.52. The van der Waals surface area contributed by atoms with Crippen molar-refractivity contribution in [3.8, 4) is 0 Å². The molecule has 2 unspecified atom stereocenters. The van der Waals surface area contributed by atoms with Gasteiger partial charge in [0.2, 0.25) is 0 Å². The highest BCUT2D eigenvalue weighted by molar-refractivity contribution is 4.89. The standard InChI is InChI=1S/C13H25NO2/c1-11(2)12-3-5-14(7-12)8-13(9-15)4-6-16-10-13/h11-12,15H,3-10H2,1-2H3. The van der Waals surface area contributed by atoms with E-state index in [1.54, 1.807) is 0 Å². The van der Waals surface area contributed by atoms with E-state index in [1.165, 1.54) is 19.5 Å². The van der Waals surface area contributed by atoms with Crippen molar-refractivity contribution in [1.82, 2.24) is 4.90 Å². The van der Waals surface area contributed by atoms with Gasteiger partial charge in [0.25, 0.3) is 0 Å². The Morgan fingerprint density at radius 3 is 2.81 bits per heavy atom. The molecule has 2 aliphatic rings. The Morgan fingerprint density at radius 2 is 2.31 bits per heavy atom. The lowest BCUT2D eigenvalue weighted by Gasteiger charge is -2.30. The fraction of sp³-hybridized carbons (Fsp3) is 1.00. The van der Waals surface area contributed by atoms with E-state index in [9.17, 15) is 5.11 Å². The molecule has 0 aromatic heterocycles. The van der Waals surface area contributed by atoms with Crippen molar-refractivity contribution >= 4 is 0 Å². The molecule has 0 aromatic rings. The molecule has 2 atom stereocenters. The minimum atomic E-state index is 0.0336. The van der Waals surface area contributed by atoms with Gasteiger partial charge in [-0.3, -0.25) is 0 Å². The summed E-state index contributed by atoms with van der Waals surface area (Å²) in [7, 11) is 0. The van der Waals surface area contributed by atoms with E-state index in [4.69, 9.17) is 4.74 Å². The van der Waals surface area contributed by atoms with E-state index in [2.05, 4.69) is 18.7 Å². The van der Waals surface area contributed by atoms with Crippen LogP contribution in [0.3, 0.4) is 0 Å². The summed E-state index contributed by atoms with van der Waals surface area (Å²) in [6.07, 6.45) is 2.34. The molecule has 0 aliphatic carbocycles. The van der Waals surface area contributed by atoms with Crippen molar-refractivity contribution < 1.29 is 9.84 Å². The summed E-state index contributed by atoms with van der Waals surface area (Å²) in [5, 5.41) is 9.55. The average molecular weight is 227 g/mol. The highest BCUT2D eigenvalue weighted by Gasteiger charge is 2.38. The van der Waals surface area contributed by atoms with Crippen LogP contribution >= 0.6 is 0 Å². The predicted molar refractivity (Wildman–Crippen MR) is 64.3 cm³/mol. The van der Waals surface area contributed by atoms with Crippen molar-refractivity contribution in [3.63, 3.8) is 0 Å². The number of likely N-dealkylation sites (tertiary alicyclic amines) is 1. The van der Waals surface area contributed by atoms with E-state index in [0.29, 0.717) is 0 Å². The Bertz CT molecular complexity index is 224. The number of ether oxygens (including phenoxy) is 1. The maximum Gasteiger partial charge on any atom is 0.0557 e. The highest BCUT2D eigenvalue weighted by atomic mass is 16.5. The van der Waals surface area contributed by atoms with Gasteiger partial charge in [0.15, 0.2) is 0 Å². The van der Waals surface area contributed by atoms with Gasteiger partial charge >= 0.3 is 0 Å². The average Bonchev–Trinajstić information content (AvgIpc) is 2.88. The third-order valence-corrected chi connectivity index (χ3v) is 4.33. The molecule has 0 saturated carbocycles. The van der Waals surface area contributed by atoms with E-state index in [0.717, 1.165) is 38.0 Å². The van der Waals surface area contributed by atoms with Crippen LogP contribution in [0.25, 0.3) is 0 Å². The summed E-state index contributed by atoms with van der Waals surface area (Å²) >= 11 is 0.